The van der Waals surface area contributed by atoms with Crippen molar-refractivity contribution in [3.63, 3.8) is 0 Å². The van der Waals surface area contributed by atoms with Gasteiger partial charge in [0, 0.05) is 0 Å². The van der Waals surface area contributed by atoms with Crippen molar-refractivity contribution in [3.05, 3.63) is 54.1 Å². The molecule has 5 heteroatoms. The molecule has 0 aliphatic carbocycles. The first-order valence-electron chi connectivity index (χ1n) is 10.2. The Labute approximate surface area is 167 Å². The molecule has 1 atom stereocenters. The second-order valence-corrected chi connectivity index (χ2v) is 7.45. The summed E-state index contributed by atoms with van der Waals surface area (Å²) in [7, 11) is 0. The number of imidazole rings is 1. The molecule has 28 heavy (non-hydrogen) atoms. The van der Waals surface area contributed by atoms with Crippen LogP contribution in [0.5, 0.6) is 5.75 Å². The number of nitrogens with two attached hydrogens (primary N) is 1. The molecule has 2 aromatic carbocycles. The van der Waals surface area contributed by atoms with Crippen molar-refractivity contribution in [3.8, 4) is 5.75 Å². The molecule has 0 amide bonds. The Hall–Kier alpha value is -2.53. The summed E-state index contributed by atoms with van der Waals surface area (Å²) in [5.74, 6) is 1.45. The maximum absolute atomic E-state index is 10.5. The minimum atomic E-state index is -0.645. The molecule has 0 spiro atoms. The molecule has 3 rings (SSSR count). The van der Waals surface area contributed by atoms with E-state index in [0.29, 0.717) is 12.5 Å². The van der Waals surface area contributed by atoms with Gasteiger partial charge in [-0.3, -0.25) is 5.73 Å². The summed E-state index contributed by atoms with van der Waals surface area (Å²) in [4.78, 5) is 0. The third-order valence-electron chi connectivity index (χ3n) is 5.11. The molecule has 3 N–H and O–H groups in total. The second-order valence-electron chi connectivity index (χ2n) is 7.45. The summed E-state index contributed by atoms with van der Waals surface area (Å²) in [5.41, 5.74) is 9.82. The van der Waals surface area contributed by atoms with Gasteiger partial charge in [-0.15, -0.1) is 0 Å². The molecule has 0 saturated carbocycles. The highest BCUT2D eigenvalue weighted by atomic mass is 16.5. The van der Waals surface area contributed by atoms with Gasteiger partial charge in [-0.05, 0) is 37.6 Å². The molecule has 0 radical (unpaired) electrons. The molecule has 0 aliphatic heterocycles. The smallest absolute Gasteiger partial charge is 0.356 e. The minimum Gasteiger partial charge on any atom is -0.491 e. The van der Waals surface area contributed by atoms with Crippen molar-refractivity contribution < 1.29 is 14.4 Å². The van der Waals surface area contributed by atoms with Crippen LogP contribution in [0.2, 0.25) is 0 Å². The van der Waals surface area contributed by atoms with Crippen LogP contribution in [0.15, 0.2) is 48.5 Å². The van der Waals surface area contributed by atoms with Crippen LogP contribution in [-0.2, 0) is 13.1 Å². The molecule has 1 heterocycles. The van der Waals surface area contributed by atoms with Crippen LogP contribution in [0, 0.1) is 6.92 Å². The number of rotatable bonds is 10. The van der Waals surface area contributed by atoms with Gasteiger partial charge in [0.1, 0.15) is 36.0 Å². The topological polar surface area (TPSA) is 64.3 Å². The highest BCUT2D eigenvalue weighted by Gasteiger charge is 2.22. The summed E-state index contributed by atoms with van der Waals surface area (Å²) in [6.45, 7) is 5.78. The fourth-order valence-electron chi connectivity index (χ4n) is 3.53. The maximum Gasteiger partial charge on any atom is 0.356 e. The molecule has 0 bridgehead atoms. The number of anilines is 1. The molecular weight excluding hydrogens is 350 g/mol. The Morgan fingerprint density at radius 3 is 2.57 bits per heavy atom. The third-order valence-corrected chi connectivity index (χ3v) is 5.11. The van der Waals surface area contributed by atoms with Crippen LogP contribution in [0.1, 0.15) is 38.2 Å². The maximum atomic E-state index is 10.5. The van der Waals surface area contributed by atoms with E-state index in [4.69, 9.17) is 10.5 Å². The van der Waals surface area contributed by atoms with Gasteiger partial charge in [0.05, 0.1) is 6.54 Å². The number of hydrogen-bond donors (Lipinski definition) is 2. The number of unbranched alkanes of at least 4 members (excludes halogenated alkanes) is 3. The molecule has 1 aromatic heterocycles. The average molecular weight is 383 g/mol. The van der Waals surface area contributed by atoms with E-state index in [0.717, 1.165) is 29.7 Å². The predicted octanol–water partition coefficient (Wildman–Crippen LogP) is 3.84. The van der Waals surface area contributed by atoms with Gasteiger partial charge in [-0.25, -0.2) is 9.13 Å². The van der Waals surface area contributed by atoms with Gasteiger partial charge in [-0.1, -0.05) is 56.0 Å². The van der Waals surface area contributed by atoms with Gasteiger partial charge >= 0.3 is 5.95 Å². The number of para-hydroxylation sites is 2. The zero-order valence-corrected chi connectivity index (χ0v) is 17.0. The number of aliphatic hydroxyl groups is 1. The number of nitrogen functional groups attached to an aromatic ring is 1. The zero-order chi connectivity index (χ0) is 19.9. The fraction of sp³-hybridized carbons (Fsp3) is 0.435. The molecule has 0 aliphatic rings. The Morgan fingerprint density at radius 1 is 1.07 bits per heavy atom. The van der Waals surface area contributed by atoms with Crippen molar-refractivity contribution in [2.45, 2.75) is 58.7 Å². The van der Waals surface area contributed by atoms with Crippen LogP contribution in [-0.4, -0.2) is 22.4 Å². The average Bonchev–Trinajstić information content (AvgIpc) is 2.96. The molecule has 3 aromatic rings. The van der Waals surface area contributed by atoms with E-state index in [9.17, 15) is 5.11 Å². The second kappa shape index (κ2) is 9.60. The zero-order valence-electron chi connectivity index (χ0n) is 17.0. The van der Waals surface area contributed by atoms with E-state index in [-0.39, 0.29) is 6.61 Å². The molecule has 0 fully saturated rings. The lowest BCUT2D eigenvalue weighted by Crippen LogP contribution is -2.43. The SMILES string of the molecule is CCCCCCn1c(N)[n+](C[C@H](O)COc2ccc(C)cc2)c2ccccc21. The van der Waals surface area contributed by atoms with E-state index in [1.807, 2.05) is 47.9 Å². The molecule has 0 unspecified atom stereocenters. The first-order valence-corrected chi connectivity index (χ1v) is 10.2. The summed E-state index contributed by atoms with van der Waals surface area (Å²) in [5, 5.41) is 10.5. The van der Waals surface area contributed by atoms with Crippen LogP contribution < -0.4 is 15.0 Å². The Kier molecular flexibility index (Phi) is 6.93. The van der Waals surface area contributed by atoms with Crippen molar-refractivity contribution in [1.82, 2.24) is 4.57 Å². The molecule has 150 valence electrons. The van der Waals surface area contributed by atoms with Crippen molar-refractivity contribution in [2.24, 2.45) is 0 Å². The Balaban J connectivity index is 1.70. The van der Waals surface area contributed by atoms with Crippen LogP contribution >= 0.6 is 0 Å². The first-order chi connectivity index (χ1) is 13.6. The molecule has 5 nitrogen and oxygen atoms in total. The summed E-state index contributed by atoms with van der Waals surface area (Å²) >= 11 is 0. The highest BCUT2D eigenvalue weighted by molar-refractivity contribution is 5.73. The fourth-order valence-corrected chi connectivity index (χ4v) is 3.53. The minimum absolute atomic E-state index is 0.228. The Bertz CT molecular complexity index is 887. The normalized spacial score (nSPS) is 12.4. The van der Waals surface area contributed by atoms with Crippen LogP contribution in [0.25, 0.3) is 11.0 Å². The van der Waals surface area contributed by atoms with Gasteiger partial charge in [-0.2, -0.15) is 0 Å². The number of nitrogens with zero attached hydrogens (tertiary/aromatic N) is 2. The van der Waals surface area contributed by atoms with Crippen LogP contribution in [0.4, 0.5) is 5.95 Å². The van der Waals surface area contributed by atoms with Gasteiger partial charge < -0.3 is 9.84 Å². The highest BCUT2D eigenvalue weighted by Crippen LogP contribution is 2.18. The lowest BCUT2D eigenvalue weighted by Gasteiger charge is -2.12. The number of ether oxygens (including phenoxy) is 1. The van der Waals surface area contributed by atoms with Gasteiger partial charge in [0.15, 0.2) is 0 Å². The standard InChI is InChI=1S/C23H31N3O2/c1-3-4-5-8-15-25-21-9-6-7-10-22(21)26(23(25)24)16-19(27)17-28-20-13-11-18(2)12-14-20/h6-7,9-14,19,24,27H,3-5,8,15-17H2,1-2H3/p+1/t19-/m0/s1. The van der Waals surface area contributed by atoms with Gasteiger partial charge in [0.2, 0.25) is 0 Å². The first kappa shape index (κ1) is 20.2. The van der Waals surface area contributed by atoms with Crippen molar-refractivity contribution in [1.29, 1.82) is 0 Å². The number of hydrogen-bond acceptors (Lipinski definition) is 3. The lowest BCUT2D eigenvalue weighted by molar-refractivity contribution is -0.665. The van der Waals surface area contributed by atoms with Crippen molar-refractivity contribution in [2.75, 3.05) is 12.3 Å². The molecule has 0 saturated heterocycles. The number of aryl methyl sites for hydroxylation is 2. The van der Waals surface area contributed by atoms with E-state index in [1.165, 1.54) is 24.8 Å². The predicted molar refractivity (Wildman–Crippen MR) is 113 cm³/mol. The monoisotopic (exact) mass is 382 g/mol. The largest absolute Gasteiger partial charge is 0.491 e. The molecular formula is C23H32N3O2+. The van der Waals surface area contributed by atoms with E-state index in [1.54, 1.807) is 0 Å². The van der Waals surface area contributed by atoms with E-state index < -0.39 is 6.10 Å². The van der Waals surface area contributed by atoms with Crippen LogP contribution in [0.3, 0.4) is 0 Å². The van der Waals surface area contributed by atoms with Crippen molar-refractivity contribution >= 4 is 17.0 Å². The summed E-state index contributed by atoms with van der Waals surface area (Å²) in [6.07, 6.45) is 4.13. The third kappa shape index (κ3) is 4.84. The van der Waals surface area contributed by atoms with E-state index in [2.05, 4.69) is 23.6 Å². The van der Waals surface area contributed by atoms with Gasteiger partial charge in [0.25, 0.3) is 0 Å². The number of fused-ring (bicyclic) bond motifs is 1. The quantitative estimate of drug-likeness (QED) is 0.414. The number of aliphatic hydroxyl groups excluding tert-OH is 1. The number of aromatic nitrogens is 2. The summed E-state index contributed by atoms with van der Waals surface area (Å²) in [6, 6.07) is 16.0. The number of benzene rings is 2. The lowest BCUT2D eigenvalue weighted by atomic mass is 10.2. The van der Waals surface area contributed by atoms with E-state index >= 15 is 0 Å². The summed E-state index contributed by atoms with van der Waals surface area (Å²) < 4.78 is 9.90. The Morgan fingerprint density at radius 2 is 1.82 bits per heavy atom.